The Labute approximate surface area is 108 Å². The fraction of sp³-hybridized carbons (Fsp3) is 0.231. The Kier molecular flexibility index (Phi) is 3.97. The lowest BCUT2D eigenvalue weighted by Crippen LogP contribution is -2.16. The number of halogens is 2. The van der Waals surface area contributed by atoms with Crippen molar-refractivity contribution < 1.29 is 8.81 Å². The highest BCUT2D eigenvalue weighted by molar-refractivity contribution is 9.10. The van der Waals surface area contributed by atoms with Gasteiger partial charge in [0.15, 0.2) is 0 Å². The minimum absolute atomic E-state index is 0.234. The standard InChI is InChI=1S/C13H13BrFNO/c1-16(9-11-3-2-6-17-11)8-10-4-5-13(15)12(14)7-10/h2-7H,8-9H2,1H3. The van der Waals surface area contributed by atoms with E-state index in [9.17, 15) is 4.39 Å². The fourth-order valence-corrected chi connectivity index (χ4v) is 2.10. The quantitative estimate of drug-likeness (QED) is 0.853. The van der Waals surface area contributed by atoms with Gasteiger partial charge in [0.25, 0.3) is 0 Å². The maximum absolute atomic E-state index is 13.1. The van der Waals surface area contributed by atoms with E-state index < -0.39 is 0 Å². The highest BCUT2D eigenvalue weighted by atomic mass is 79.9. The van der Waals surface area contributed by atoms with Crippen LogP contribution in [0.1, 0.15) is 11.3 Å². The van der Waals surface area contributed by atoms with Gasteiger partial charge in [-0.2, -0.15) is 0 Å². The molecule has 0 atom stereocenters. The van der Waals surface area contributed by atoms with E-state index in [4.69, 9.17) is 4.42 Å². The molecular weight excluding hydrogens is 285 g/mol. The van der Waals surface area contributed by atoms with Gasteiger partial charge in [0, 0.05) is 6.54 Å². The Balaban J connectivity index is 1.98. The summed E-state index contributed by atoms with van der Waals surface area (Å²) in [4.78, 5) is 2.11. The van der Waals surface area contributed by atoms with E-state index in [-0.39, 0.29) is 5.82 Å². The molecule has 17 heavy (non-hydrogen) atoms. The van der Waals surface area contributed by atoms with Crippen molar-refractivity contribution in [3.8, 4) is 0 Å². The zero-order valence-corrected chi connectivity index (χ0v) is 11.1. The molecule has 0 saturated heterocycles. The van der Waals surface area contributed by atoms with Crippen LogP contribution in [0.15, 0.2) is 45.5 Å². The molecule has 0 amide bonds. The summed E-state index contributed by atoms with van der Waals surface area (Å²) >= 11 is 3.18. The molecule has 0 aliphatic rings. The highest BCUT2D eigenvalue weighted by Crippen LogP contribution is 2.18. The van der Waals surface area contributed by atoms with Gasteiger partial charge in [0.05, 0.1) is 17.3 Å². The Morgan fingerprint density at radius 1 is 1.29 bits per heavy atom. The summed E-state index contributed by atoms with van der Waals surface area (Å²) in [5, 5.41) is 0. The Hall–Kier alpha value is -1.13. The number of hydrogen-bond acceptors (Lipinski definition) is 2. The summed E-state index contributed by atoms with van der Waals surface area (Å²) in [6, 6.07) is 8.88. The Morgan fingerprint density at radius 3 is 2.76 bits per heavy atom. The van der Waals surface area contributed by atoms with Gasteiger partial charge in [0.1, 0.15) is 11.6 Å². The Morgan fingerprint density at radius 2 is 2.12 bits per heavy atom. The van der Waals surface area contributed by atoms with Crippen LogP contribution in [0.4, 0.5) is 4.39 Å². The molecule has 1 aromatic heterocycles. The number of benzene rings is 1. The van der Waals surface area contributed by atoms with Gasteiger partial charge in [0.2, 0.25) is 0 Å². The van der Waals surface area contributed by atoms with Crippen LogP contribution in [0, 0.1) is 5.82 Å². The summed E-state index contributed by atoms with van der Waals surface area (Å²) in [5.74, 6) is 0.691. The second-order valence-electron chi connectivity index (χ2n) is 4.00. The van der Waals surface area contributed by atoms with E-state index in [1.165, 1.54) is 6.07 Å². The lowest BCUT2D eigenvalue weighted by Gasteiger charge is -2.15. The molecule has 1 heterocycles. The number of furan rings is 1. The molecule has 0 unspecified atom stereocenters. The summed E-state index contributed by atoms with van der Waals surface area (Å²) in [7, 11) is 2.00. The van der Waals surface area contributed by atoms with Crippen LogP contribution in [0.3, 0.4) is 0 Å². The third-order valence-corrected chi connectivity index (χ3v) is 3.05. The number of hydrogen-bond donors (Lipinski definition) is 0. The first kappa shape index (κ1) is 12.3. The van der Waals surface area contributed by atoms with E-state index >= 15 is 0 Å². The zero-order valence-electron chi connectivity index (χ0n) is 9.49. The van der Waals surface area contributed by atoms with Crippen molar-refractivity contribution in [1.82, 2.24) is 4.90 Å². The molecular formula is C13H13BrFNO. The molecule has 2 rings (SSSR count). The van der Waals surface area contributed by atoms with Crippen LogP contribution in [0.25, 0.3) is 0 Å². The zero-order chi connectivity index (χ0) is 12.3. The van der Waals surface area contributed by atoms with Crippen LogP contribution >= 0.6 is 15.9 Å². The van der Waals surface area contributed by atoms with Crippen molar-refractivity contribution in [3.63, 3.8) is 0 Å². The molecule has 0 fully saturated rings. The predicted octanol–water partition coefficient (Wildman–Crippen LogP) is 3.81. The Bertz CT molecular complexity index is 484. The van der Waals surface area contributed by atoms with Gasteiger partial charge in [-0.3, -0.25) is 4.90 Å². The van der Waals surface area contributed by atoms with Crippen molar-refractivity contribution in [2.75, 3.05) is 7.05 Å². The second kappa shape index (κ2) is 5.47. The molecule has 0 aliphatic carbocycles. The molecule has 0 aliphatic heterocycles. The molecule has 0 spiro atoms. The second-order valence-corrected chi connectivity index (χ2v) is 4.85. The van der Waals surface area contributed by atoms with Crippen molar-refractivity contribution in [3.05, 3.63) is 58.2 Å². The minimum atomic E-state index is -0.234. The van der Waals surface area contributed by atoms with Crippen molar-refractivity contribution in [2.24, 2.45) is 0 Å². The summed E-state index contributed by atoms with van der Waals surface area (Å²) in [6.45, 7) is 1.49. The lowest BCUT2D eigenvalue weighted by atomic mass is 10.2. The average molecular weight is 298 g/mol. The van der Waals surface area contributed by atoms with Crippen LogP contribution in [-0.4, -0.2) is 11.9 Å². The van der Waals surface area contributed by atoms with Crippen molar-refractivity contribution in [2.45, 2.75) is 13.1 Å². The van der Waals surface area contributed by atoms with Crippen LogP contribution in [0.5, 0.6) is 0 Å². The minimum Gasteiger partial charge on any atom is -0.468 e. The summed E-state index contributed by atoms with van der Waals surface area (Å²) < 4.78 is 18.8. The van der Waals surface area contributed by atoms with Gasteiger partial charge in [-0.15, -0.1) is 0 Å². The van der Waals surface area contributed by atoms with Gasteiger partial charge < -0.3 is 4.42 Å². The highest BCUT2D eigenvalue weighted by Gasteiger charge is 2.05. The lowest BCUT2D eigenvalue weighted by molar-refractivity contribution is 0.287. The van der Waals surface area contributed by atoms with Crippen molar-refractivity contribution >= 4 is 15.9 Å². The van der Waals surface area contributed by atoms with Crippen LogP contribution < -0.4 is 0 Å². The molecule has 4 heteroatoms. The van der Waals surface area contributed by atoms with Crippen molar-refractivity contribution in [1.29, 1.82) is 0 Å². The molecule has 1 aromatic carbocycles. The predicted molar refractivity (Wildman–Crippen MR) is 68.0 cm³/mol. The third-order valence-electron chi connectivity index (χ3n) is 2.44. The van der Waals surface area contributed by atoms with E-state index in [0.29, 0.717) is 4.47 Å². The first-order valence-electron chi connectivity index (χ1n) is 5.30. The summed E-state index contributed by atoms with van der Waals surface area (Å²) in [5.41, 5.74) is 1.06. The summed E-state index contributed by atoms with van der Waals surface area (Å²) in [6.07, 6.45) is 1.66. The molecule has 0 radical (unpaired) electrons. The third kappa shape index (κ3) is 3.41. The molecule has 90 valence electrons. The SMILES string of the molecule is CN(Cc1ccc(F)c(Br)c1)Cc1ccco1. The van der Waals surface area contributed by atoms with Gasteiger partial charge in [-0.05, 0) is 52.8 Å². The van der Waals surface area contributed by atoms with Crippen LogP contribution in [-0.2, 0) is 13.1 Å². The monoisotopic (exact) mass is 297 g/mol. The fourth-order valence-electron chi connectivity index (χ4n) is 1.67. The van der Waals surface area contributed by atoms with E-state index in [2.05, 4.69) is 20.8 Å². The van der Waals surface area contributed by atoms with E-state index in [0.717, 1.165) is 24.4 Å². The topological polar surface area (TPSA) is 16.4 Å². The molecule has 0 bridgehead atoms. The maximum Gasteiger partial charge on any atom is 0.137 e. The van der Waals surface area contributed by atoms with Gasteiger partial charge >= 0.3 is 0 Å². The van der Waals surface area contributed by atoms with E-state index in [1.807, 2.05) is 19.2 Å². The first-order valence-corrected chi connectivity index (χ1v) is 6.09. The number of rotatable bonds is 4. The average Bonchev–Trinajstić information content (AvgIpc) is 2.76. The van der Waals surface area contributed by atoms with E-state index in [1.54, 1.807) is 18.4 Å². The maximum atomic E-state index is 13.1. The normalized spacial score (nSPS) is 11.1. The number of nitrogens with zero attached hydrogens (tertiary/aromatic N) is 1. The molecule has 2 nitrogen and oxygen atoms in total. The smallest absolute Gasteiger partial charge is 0.137 e. The van der Waals surface area contributed by atoms with Gasteiger partial charge in [-0.25, -0.2) is 4.39 Å². The first-order chi connectivity index (χ1) is 8.15. The molecule has 2 aromatic rings. The largest absolute Gasteiger partial charge is 0.468 e. The molecule has 0 N–H and O–H groups in total. The van der Waals surface area contributed by atoms with Gasteiger partial charge in [-0.1, -0.05) is 6.07 Å². The molecule has 0 saturated carbocycles. The van der Waals surface area contributed by atoms with Crippen LogP contribution in [0.2, 0.25) is 0 Å².